The van der Waals surface area contributed by atoms with Crippen molar-refractivity contribution in [2.24, 2.45) is 0 Å². The van der Waals surface area contributed by atoms with Crippen LogP contribution in [0, 0.1) is 0 Å². The first-order valence-corrected chi connectivity index (χ1v) is 16.4. The third kappa shape index (κ3) is 6.53. The molecule has 10 heteroatoms. The monoisotopic (exact) mass is 667 g/mol. The highest BCUT2D eigenvalue weighted by molar-refractivity contribution is 6.42. The Morgan fingerprint density at radius 3 is 2.02 bits per heavy atom. The summed E-state index contributed by atoms with van der Waals surface area (Å²) in [5.41, 5.74) is 1.77. The Bertz CT molecular complexity index is 1530. The van der Waals surface area contributed by atoms with Crippen molar-refractivity contribution in [1.29, 1.82) is 0 Å². The summed E-state index contributed by atoms with van der Waals surface area (Å²) >= 11 is 12.9. The van der Waals surface area contributed by atoms with E-state index in [1.54, 1.807) is 17.0 Å². The predicted octanol–water partition coefficient (Wildman–Crippen LogP) is 6.32. The van der Waals surface area contributed by atoms with Gasteiger partial charge in [-0.05, 0) is 80.7 Å². The molecule has 2 aliphatic heterocycles. The Balaban J connectivity index is 1.37. The second kappa shape index (κ2) is 14.1. The van der Waals surface area contributed by atoms with Gasteiger partial charge < -0.3 is 28.9 Å². The van der Waals surface area contributed by atoms with E-state index in [0.29, 0.717) is 45.9 Å². The lowest BCUT2D eigenvalue weighted by Gasteiger charge is -2.43. The van der Waals surface area contributed by atoms with E-state index >= 15 is 0 Å². The Morgan fingerprint density at radius 2 is 1.46 bits per heavy atom. The molecule has 2 aliphatic rings. The number of halogens is 2. The average Bonchev–Trinajstić information content (AvgIpc) is 3.53. The summed E-state index contributed by atoms with van der Waals surface area (Å²) in [4.78, 5) is 33.6. The number of likely N-dealkylation sites (N-methyl/N-ethyl adjacent to an activating group) is 1. The maximum absolute atomic E-state index is 13.9. The van der Waals surface area contributed by atoms with Crippen LogP contribution in [0.25, 0.3) is 0 Å². The lowest BCUT2D eigenvalue weighted by molar-refractivity contribution is -0.137. The molecular formula is C36H43Cl2N3O5. The van der Waals surface area contributed by atoms with E-state index < -0.39 is 5.41 Å². The fourth-order valence-electron chi connectivity index (χ4n) is 7.18. The van der Waals surface area contributed by atoms with Gasteiger partial charge in [0.15, 0.2) is 11.5 Å². The number of hydrogen-bond donors (Lipinski definition) is 0. The van der Waals surface area contributed by atoms with Gasteiger partial charge in [0.1, 0.15) is 0 Å². The fraction of sp³-hybridized carbons (Fsp3) is 0.444. The van der Waals surface area contributed by atoms with Crippen molar-refractivity contribution in [2.45, 2.75) is 36.5 Å². The van der Waals surface area contributed by atoms with Crippen LogP contribution in [0.1, 0.15) is 47.2 Å². The smallest absolute Gasteiger partial charge is 0.254 e. The fourth-order valence-corrected chi connectivity index (χ4v) is 7.48. The third-order valence-corrected chi connectivity index (χ3v) is 10.6. The number of amides is 2. The van der Waals surface area contributed by atoms with Crippen LogP contribution in [0.2, 0.25) is 10.0 Å². The summed E-state index contributed by atoms with van der Waals surface area (Å²) in [5.74, 6) is 1.36. The van der Waals surface area contributed by atoms with Crippen molar-refractivity contribution in [3.63, 3.8) is 0 Å². The maximum atomic E-state index is 13.9. The number of benzene rings is 3. The first kappa shape index (κ1) is 33.9. The van der Waals surface area contributed by atoms with Crippen molar-refractivity contribution in [1.82, 2.24) is 14.7 Å². The van der Waals surface area contributed by atoms with Gasteiger partial charge in [-0.3, -0.25) is 9.59 Å². The number of piperidine rings is 1. The SMILES string of the molecule is COc1cc(C(=O)N2CCC(CCN3CCC(C(=O)N(C)C)(c4ccccc4)CC3)(c3ccc(Cl)c(Cl)c3)C2)cc(OC)c1OC. The van der Waals surface area contributed by atoms with Crippen molar-refractivity contribution in [3.8, 4) is 17.2 Å². The molecule has 3 aromatic carbocycles. The molecule has 0 aliphatic carbocycles. The average molecular weight is 669 g/mol. The zero-order valence-corrected chi connectivity index (χ0v) is 28.8. The largest absolute Gasteiger partial charge is 0.493 e. The maximum Gasteiger partial charge on any atom is 0.254 e. The lowest BCUT2D eigenvalue weighted by Crippen LogP contribution is -2.52. The van der Waals surface area contributed by atoms with Crippen LogP contribution in [-0.2, 0) is 15.6 Å². The van der Waals surface area contributed by atoms with Gasteiger partial charge in [0.25, 0.3) is 5.91 Å². The minimum atomic E-state index is -0.528. The first-order chi connectivity index (χ1) is 22.1. The van der Waals surface area contributed by atoms with E-state index in [1.165, 1.54) is 21.3 Å². The number of nitrogens with zero attached hydrogens (tertiary/aromatic N) is 3. The molecule has 0 bridgehead atoms. The van der Waals surface area contributed by atoms with Crippen molar-refractivity contribution in [2.75, 3.05) is 68.1 Å². The van der Waals surface area contributed by atoms with E-state index in [1.807, 2.05) is 55.4 Å². The molecule has 0 radical (unpaired) electrons. The number of carbonyl (C=O) groups excluding carboxylic acids is 2. The molecule has 0 spiro atoms. The van der Waals surface area contributed by atoms with Gasteiger partial charge in [0.2, 0.25) is 11.7 Å². The van der Waals surface area contributed by atoms with Crippen LogP contribution in [0.4, 0.5) is 0 Å². The number of rotatable bonds is 10. The number of carbonyl (C=O) groups is 2. The summed E-state index contributed by atoms with van der Waals surface area (Å²) in [7, 11) is 8.30. The Morgan fingerprint density at radius 1 is 0.804 bits per heavy atom. The molecule has 3 aromatic rings. The zero-order valence-electron chi connectivity index (χ0n) is 27.3. The molecule has 2 amide bonds. The summed E-state index contributed by atoms with van der Waals surface area (Å²) in [6.07, 6.45) is 3.10. The lowest BCUT2D eigenvalue weighted by atomic mass is 9.71. The van der Waals surface area contributed by atoms with Crippen LogP contribution in [-0.4, -0.2) is 94.7 Å². The van der Waals surface area contributed by atoms with Gasteiger partial charge in [-0.15, -0.1) is 0 Å². The third-order valence-electron chi connectivity index (χ3n) is 9.84. The Labute approximate surface area is 282 Å². The Hall–Kier alpha value is -3.46. The quantitative estimate of drug-likeness (QED) is 0.252. The second-order valence-corrected chi connectivity index (χ2v) is 13.4. The van der Waals surface area contributed by atoms with Crippen LogP contribution in [0.5, 0.6) is 17.2 Å². The molecule has 1 atom stereocenters. The summed E-state index contributed by atoms with van der Waals surface area (Å²) in [6.45, 7) is 3.55. The highest BCUT2D eigenvalue weighted by Gasteiger charge is 2.45. The molecule has 246 valence electrons. The Kier molecular flexibility index (Phi) is 10.4. The van der Waals surface area contributed by atoms with Gasteiger partial charge in [-0.25, -0.2) is 0 Å². The molecule has 5 rings (SSSR count). The molecule has 46 heavy (non-hydrogen) atoms. The number of methoxy groups -OCH3 is 3. The van der Waals surface area contributed by atoms with Gasteiger partial charge in [-0.1, -0.05) is 59.6 Å². The van der Waals surface area contributed by atoms with Crippen molar-refractivity contribution in [3.05, 3.63) is 87.4 Å². The molecule has 0 N–H and O–H groups in total. The minimum Gasteiger partial charge on any atom is -0.493 e. The van der Waals surface area contributed by atoms with Crippen LogP contribution < -0.4 is 14.2 Å². The highest BCUT2D eigenvalue weighted by Crippen LogP contribution is 2.43. The molecule has 2 fully saturated rings. The molecular weight excluding hydrogens is 625 g/mol. The van der Waals surface area contributed by atoms with E-state index in [-0.39, 0.29) is 17.2 Å². The molecule has 0 saturated carbocycles. The van der Waals surface area contributed by atoms with Gasteiger partial charge >= 0.3 is 0 Å². The second-order valence-electron chi connectivity index (χ2n) is 12.5. The standard InChI is InChI=1S/C36H43Cl2N3O5/c1-39(2)34(43)36(26-9-7-6-8-10-26)15-18-40(19-16-36)17-13-35(27-11-12-28(37)29(38)23-27)14-20-41(24-35)33(42)25-21-30(44-3)32(46-5)31(22-25)45-4/h6-12,21-23H,13-20,24H2,1-5H3. The summed E-state index contributed by atoms with van der Waals surface area (Å²) in [6, 6.07) is 19.4. The number of hydrogen-bond acceptors (Lipinski definition) is 6. The number of likely N-dealkylation sites (tertiary alicyclic amines) is 2. The van der Waals surface area contributed by atoms with Crippen LogP contribution >= 0.6 is 23.2 Å². The highest BCUT2D eigenvalue weighted by atomic mass is 35.5. The van der Waals surface area contributed by atoms with E-state index in [9.17, 15) is 9.59 Å². The molecule has 2 saturated heterocycles. The normalized spacial score (nSPS) is 19.5. The molecule has 0 aromatic heterocycles. The van der Waals surface area contributed by atoms with Gasteiger partial charge in [-0.2, -0.15) is 0 Å². The zero-order chi connectivity index (χ0) is 33.1. The minimum absolute atomic E-state index is 0.103. The topological polar surface area (TPSA) is 71.6 Å². The van der Waals surface area contributed by atoms with Crippen LogP contribution in [0.15, 0.2) is 60.7 Å². The van der Waals surface area contributed by atoms with Crippen molar-refractivity contribution < 1.29 is 23.8 Å². The van der Waals surface area contributed by atoms with Gasteiger partial charge in [0.05, 0.1) is 36.8 Å². The molecule has 1 unspecified atom stereocenters. The number of ether oxygens (including phenoxy) is 3. The molecule has 2 heterocycles. The van der Waals surface area contributed by atoms with E-state index in [2.05, 4.69) is 17.0 Å². The van der Waals surface area contributed by atoms with E-state index in [4.69, 9.17) is 37.4 Å². The molecule has 8 nitrogen and oxygen atoms in total. The van der Waals surface area contributed by atoms with E-state index in [0.717, 1.165) is 56.4 Å². The van der Waals surface area contributed by atoms with Gasteiger partial charge in [0, 0.05) is 38.2 Å². The first-order valence-electron chi connectivity index (χ1n) is 15.6. The summed E-state index contributed by atoms with van der Waals surface area (Å²) < 4.78 is 16.5. The van der Waals surface area contributed by atoms with Crippen LogP contribution in [0.3, 0.4) is 0 Å². The summed E-state index contributed by atoms with van der Waals surface area (Å²) in [5, 5.41) is 1.00. The van der Waals surface area contributed by atoms with Crippen molar-refractivity contribution >= 4 is 35.0 Å². The predicted molar refractivity (Wildman–Crippen MR) is 182 cm³/mol.